The van der Waals surface area contributed by atoms with Crippen molar-refractivity contribution in [2.75, 3.05) is 14.1 Å². The van der Waals surface area contributed by atoms with Crippen molar-refractivity contribution in [1.29, 1.82) is 0 Å². The Labute approximate surface area is 100 Å². The van der Waals surface area contributed by atoms with Gasteiger partial charge in [-0.3, -0.25) is 10.6 Å². The highest BCUT2D eigenvalue weighted by Crippen LogP contribution is 2.29. The van der Waals surface area contributed by atoms with Crippen molar-refractivity contribution in [1.82, 2.24) is 16.0 Å². The number of hydrogen-bond donors (Lipinski definition) is 4. The van der Waals surface area contributed by atoms with Crippen LogP contribution in [0.3, 0.4) is 0 Å². The van der Waals surface area contributed by atoms with Gasteiger partial charge in [0.2, 0.25) is 0 Å². The van der Waals surface area contributed by atoms with Crippen LogP contribution in [0, 0.1) is 0 Å². The van der Waals surface area contributed by atoms with Gasteiger partial charge in [0.25, 0.3) is 0 Å². The molecule has 3 atom stereocenters. The Hall–Kier alpha value is 0.230. The molecule has 3 N–H and O–H groups in total. The highest BCUT2D eigenvalue weighted by atomic mass is 32.1. The Morgan fingerprint density at radius 1 is 1.20 bits per heavy atom. The molecule has 0 aromatic rings. The summed E-state index contributed by atoms with van der Waals surface area (Å²) in [5, 5.41) is 10.1. The van der Waals surface area contributed by atoms with Gasteiger partial charge in [0.1, 0.15) is 0 Å². The van der Waals surface area contributed by atoms with E-state index < -0.39 is 0 Å². The normalized spacial score (nSPS) is 39.8. The average molecular weight is 233 g/mol. The molecular formula is C11H27N3S. The molecule has 1 rings (SSSR count). The van der Waals surface area contributed by atoms with Gasteiger partial charge < -0.3 is 5.32 Å². The van der Waals surface area contributed by atoms with Gasteiger partial charge in [-0.15, -0.1) is 0 Å². The van der Waals surface area contributed by atoms with E-state index in [1.54, 1.807) is 0 Å². The van der Waals surface area contributed by atoms with Crippen LogP contribution in [0.15, 0.2) is 0 Å². The summed E-state index contributed by atoms with van der Waals surface area (Å²) in [7, 11) is 3.75. The summed E-state index contributed by atoms with van der Waals surface area (Å²) in [6, 6.07) is 0. The molecule has 0 aromatic heterocycles. The molecule has 1 aliphatic heterocycles. The van der Waals surface area contributed by atoms with E-state index in [4.69, 9.17) is 0 Å². The molecule has 0 radical (unpaired) electrons. The van der Waals surface area contributed by atoms with Gasteiger partial charge in [0.15, 0.2) is 0 Å². The molecule has 0 aromatic carbocycles. The standard InChI is InChI=1S/C9H20N2S.C2H7N/c1-5-8(3)7(12)10-9(4,6-2)11-8;1-3-2/h7,10-12H,5-6H2,1-4H3;3H,1-2H3. The van der Waals surface area contributed by atoms with Crippen LogP contribution in [-0.2, 0) is 0 Å². The summed E-state index contributed by atoms with van der Waals surface area (Å²) in [5.74, 6) is 0. The Morgan fingerprint density at radius 2 is 1.67 bits per heavy atom. The van der Waals surface area contributed by atoms with Gasteiger partial charge in [-0.25, -0.2) is 0 Å². The lowest BCUT2D eigenvalue weighted by atomic mass is 10.00. The number of thiol groups is 1. The predicted octanol–water partition coefficient (Wildman–Crippen LogP) is 1.57. The van der Waals surface area contributed by atoms with Crippen LogP contribution in [-0.4, -0.2) is 30.7 Å². The molecule has 1 saturated heterocycles. The third kappa shape index (κ3) is 3.94. The third-order valence-electron chi connectivity index (χ3n) is 3.06. The van der Waals surface area contributed by atoms with Crippen molar-refractivity contribution >= 4 is 12.6 Å². The smallest absolute Gasteiger partial charge is 0.0698 e. The van der Waals surface area contributed by atoms with Gasteiger partial charge in [-0.2, -0.15) is 12.6 Å². The first-order valence-corrected chi connectivity index (χ1v) is 6.22. The van der Waals surface area contributed by atoms with E-state index in [-0.39, 0.29) is 16.6 Å². The first-order valence-electron chi connectivity index (χ1n) is 5.71. The highest BCUT2D eigenvalue weighted by Gasteiger charge is 2.44. The van der Waals surface area contributed by atoms with Gasteiger partial charge in [-0.1, -0.05) is 13.8 Å². The van der Waals surface area contributed by atoms with E-state index >= 15 is 0 Å². The summed E-state index contributed by atoms with van der Waals surface area (Å²) in [4.78, 5) is 0. The zero-order valence-corrected chi connectivity index (χ0v) is 11.8. The summed E-state index contributed by atoms with van der Waals surface area (Å²) >= 11 is 4.55. The second-order valence-corrected chi connectivity index (χ2v) is 5.14. The molecule has 1 fully saturated rings. The monoisotopic (exact) mass is 233 g/mol. The molecule has 3 nitrogen and oxygen atoms in total. The predicted molar refractivity (Wildman–Crippen MR) is 71.4 cm³/mol. The largest absolute Gasteiger partial charge is 0.323 e. The van der Waals surface area contributed by atoms with E-state index in [0.717, 1.165) is 12.8 Å². The molecule has 4 heteroatoms. The fourth-order valence-corrected chi connectivity index (χ4v) is 2.20. The fraction of sp³-hybridized carbons (Fsp3) is 1.00. The van der Waals surface area contributed by atoms with Crippen LogP contribution in [0.5, 0.6) is 0 Å². The summed E-state index contributed by atoms with van der Waals surface area (Å²) < 4.78 is 0. The van der Waals surface area contributed by atoms with E-state index in [1.807, 2.05) is 14.1 Å². The topological polar surface area (TPSA) is 36.1 Å². The van der Waals surface area contributed by atoms with Crippen molar-refractivity contribution < 1.29 is 0 Å². The lowest BCUT2D eigenvalue weighted by Crippen LogP contribution is -2.50. The van der Waals surface area contributed by atoms with E-state index in [2.05, 4.69) is 56.3 Å². The minimum atomic E-state index is 0.0666. The van der Waals surface area contributed by atoms with Crippen molar-refractivity contribution in [3.05, 3.63) is 0 Å². The van der Waals surface area contributed by atoms with E-state index in [0.29, 0.717) is 0 Å². The minimum Gasteiger partial charge on any atom is -0.323 e. The zero-order chi connectivity index (χ0) is 12.1. The van der Waals surface area contributed by atoms with Gasteiger partial charge in [-0.05, 0) is 40.8 Å². The third-order valence-corrected chi connectivity index (χ3v) is 3.76. The van der Waals surface area contributed by atoms with Gasteiger partial charge in [0, 0.05) is 5.54 Å². The van der Waals surface area contributed by atoms with Crippen LogP contribution < -0.4 is 16.0 Å². The second-order valence-electron chi connectivity index (χ2n) is 4.63. The molecular weight excluding hydrogens is 206 g/mol. The van der Waals surface area contributed by atoms with Crippen molar-refractivity contribution in [3.63, 3.8) is 0 Å². The number of hydrogen-bond acceptors (Lipinski definition) is 4. The quantitative estimate of drug-likeness (QED) is 0.547. The van der Waals surface area contributed by atoms with Crippen LogP contribution in [0.1, 0.15) is 40.5 Å². The Balaban J connectivity index is 0.000000583. The first kappa shape index (κ1) is 15.2. The molecule has 1 aliphatic rings. The molecule has 0 aliphatic carbocycles. The van der Waals surface area contributed by atoms with Crippen LogP contribution in [0.4, 0.5) is 0 Å². The lowest BCUT2D eigenvalue weighted by Gasteiger charge is -2.29. The van der Waals surface area contributed by atoms with Crippen molar-refractivity contribution in [2.45, 2.75) is 57.1 Å². The summed E-state index contributed by atoms with van der Waals surface area (Å²) in [6.07, 6.45) is 2.18. The minimum absolute atomic E-state index is 0.0666. The Bertz CT molecular complexity index is 189. The SMILES string of the molecule is CCC1(C)NC(S)C(C)(CC)N1.CNC. The molecule has 1 heterocycles. The summed E-state index contributed by atoms with van der Waals surface area (Å²) in [5.41, 5.74) is 0.199. The molecule has 0 bridgehead atoms. The molecule has 3 unspecified atom stereocenters. The number of nitrogens with one attached hydrogen (secondary N) is 3. The Morgan fingerprint density at radius 3 is 1.87 bits per heavy atom. The van der Waals surface area contributed by atoms with Gasteiger partial charge >= 0.3 is 0 Å². The van der Waals surface area contributed by atoms with Gasteiger partial charge in [0.05, 0.1) is 11.0 Å². The molecule has 15 heavy (non-hydrogen) atoms. The highest BCUT2D eigenvalue weighted by molar-refractivity contribution is 7.81. The van der Waals surface area contributed by atoms with E-state index in [9.17, 15) is 0 Å². The summed E-state index contributed by atoms with van der Waals surface area (Å²) in [6.45, 7) is 8.79. The average Bonchev–Trinajstić information content (AvgIpc) is 2.41. The molecule has 0 saturated carbocycles. The Kier molecular flexibility index (Phi) is 6.18. The van der Waals surface area contributed by atoms with E-state index in [1.165, 1.54) is 0 Å². The first-order chi connectivity index (χ1) is 6.87. The second kappa shape index (κ2) is 6.09. The fourth-order valence-electron chi connectivity index (χ4n) is 1.67. The lowest BCUT2D eigenvalue weighted by molar-refractivity contribution is 0.302. The van der Waals surface area contributed by atoms with Crippen molar-refractivity contribution in [3.8, 4) is 0 Å². The molecule has 0 amide bonds. The zero-order valence-electron chi connectivity index (χ0n) is 10.9. The number of rotatable bonds is 2. The van der Waals surface area contributed by atoms with Crippen molar-refractivity contribution in [2.24, 2.45) is 0 Å². The maximum Gasteiger partial charge on any atom is 0.0698 e. The maximum absolute atomic E-state index is 4.55. The molecule has 92 valence electrons. The molecule has 0 spiro atoms. The maximum atomic E-state index is 4.55. The van der Waals surface area contributed by atoms with Crippen LogP contribution in [0.2, 0.25) is 0 Å². The van der Waals surface area contributed by atoms with Crippen LogP contribution >= 0.6 is 12.6 Å². The van der Waals surface area contributed by atoms with Crippen LogP contribution in [0.25, 0.3) is 0 Å².